The van der Waals surface area contributed by atoms with Crippen molar-refractivity contribution < 1.29 is 0 Å². The lowest BCUT2D eigenvalue weighted by Gasteiger charge is -2.44. The summed E-state index contributed by atoms with van der Waals surface area (Å²) in [5.74, 6) is 4.38. The van der Waals surface area contributed by atoms with E-state index in [0.717, 1.165) is 23.7 Å². The van der Waals surface area contributed by atoms with Gasteiger partial charge in [0, 0.05) is 0 Å². The van der Waals surface area contributed by atoms with Crippen molar-refractivity contribution in [2.45, 2.75) is 71.6 Å². The molecule has 2 aliphatic carbocycles. The van der Waals surface area contributed by atoms with Crippen LogP contribution in [0.15, 0.2) is 0 Å². The summed E-state index contributed by atoms with van der Waals surface area (Å²) in [5.41, 5.74) is 0. The lowest BCUT2D eigenvalue weighted by Crippen LogP contribution is -2.34. The van der Waals surface area contributed by atoms with Crippen molar-refractivity contribution in [3.63, 3.8) is 0 Å². The van der Waals surface area contributed by atoms with Crippen molar-refractivity contribution in [1.29, 1.82) is 0 Å². The Hall–Kier alpha value is 0. The van der Waals surface area contributed by atoms with E-state index >= 15 is 0 Å². The van der Waals surface area contributed by atoms with E-state index in [-0.39, 0.29) is 0 Å². The molecule has 3 unspecified atom stereocenters. The average molecular weight is 208 g/mol. The van der Waals surface area contributed by atoms with Crippen LogP contribution < -0.4 is 0 Å². The van der Waals surface area contributed by atoms with Crippen molar-refractivity contribution in [3.8, 4) is 0 Å². The highest BCUT2D eigenvalue weighted by molar-refractivity contribution is 4.87. The lowest BCUT2D eigenvalue weighted by atomic mass is 9.61. The zero-order valence-corrected chi connectivity index (χ0v) is 10.7. The highest BCUT2D eigenvalue weighted by Crippen LogP contribution is 2.47. The van der Waals surface area contributed by atoms with E-state index in [9.17, 15) is 0 Å². The van der Waals surface area contributed by atoms with Gasteiger partial charge < -0.3 is 0 Å². The maximum atomic E-state index is 2.40. The fourth-order valence-electron chi connectivity index (χ4n) is 4.47. The Bertz CT molecular complexity index is 178. The van der Waals surface area contributed by atoms with Gasteiger partial charge in [0.2, 0.25) is 0 Å². The molecule has 0 spiro atoms. The van der Waals surface area contributed by atoms with Crippen molar-refractivity contribution in [2.75, 3.05) is 0 Å². The van der Waals surface area contributed by atoms with E-state index in [2.05, 4.69) is 13.8 Å². The molecule has 0 aromatic rings. The van der Waals surface area contributed by atoms with Crippen LogP contribution in [0.1, 0.15) is 71.6 Å². The highest BCUT2D eigenvalue weighted by atomic mass is 14.4. The number of fused-ring (bicyclic) bond motifs is 1. The smallest absolute Gasteiger partial charge is 0.0355 e. The summed E-state index contributed by atoms with van der Waals surface area (Å²) >= 11 is 0. The van der Waals surface area contributed by atoms with E-state index in [1.165, 1.54) is 32.1 Å². The first kappa shape index (κ1) is 11.5. The van der Waals surface area contributed by atoms with Crippen molar-refractivity contribution >= 4 is 0 Å². The monoisotopic (exact) mass is 208 g/mol. The predicted molar refractivity (Wildman–Crippen MR) is 66.9 cm³/mol. The van der Waals surface area contributed by atoms with Crippen LogP contribution in [0.25, 0.3) is 0 Å². The predicted octanol–water partition coefficient (Wildman–Crippen LogP) is 5.03. The van der Waals surface area contributed by atoms with Crippen LogP contribution in [0.4, 0.5) is 0 Å². The van der Waals surface area contributed by atoms with Gasteiger partial charge in [-0.25, -0.2) is 0 Å². The Labute approximate surface area is 95.8 Å². The van der Waals surface area contributed by atoms with Gasteiger partial charge >= 0.3 is 0 Å². The molecule has 15 heavy (non-hydrogen) atoms. The summed E-state index contributed by atoms with van der Waals surface area (Å²) in [7, 11) is 0. The van der Waals surface area contributed by atoms with Gasteiger partial charge in [0.05, 0.1) is 0 Å². The molecular formula is C15H28. The summed E-state index contributed by atoms with van der Waals surface area (Å²) in [5, 5.41) is 0. The van der Waals surface area contributed by atoms with Crippen LogP contribution in [-0.2, 0) is 0 Å². The zero-order chi connectivity index (χ0) is 10.7. The molecule has 0 heteroatoms. The third kappa shape index (κ3) is 2.40. The Balaban J connectivity index is 2.02. The van der Waals surface area contributed by atoms with Crippen LogP contribution >= 0.6 is 0 Å². The fourth-order valence-corrected chi connectivity index (χ4v) is 4.47. The van der Waals surface area contributed by atoms with Gasteiger partial charge in [0.25, 0.3) is 0 Å². The lowest BCUT2D eigenvalue weighted by molar-refractivity contribution is 0.0608. The van der Waals surface area contributed by atoms with E-state index in [1.807, 2.05) is 0 Å². The topological polar surface area (TPSA) is 0 Å². The quantitative estimate of drug-likeness (QED) is 0.610. The molecule has 2 rings (SSSR count). The SMILES string of the molecule is CCC(CC)C1CCCC2CCCCC21. The molecule has 0 N–H and O–H groups in total. The van der Waals surface area contributed by atoms with Crippen LogP contribution in [0, 0.1) is 23.7 Å². The van der Waals surface area contributed by atoms with E-state index < -0.39 is 0 Å². The van der Waals surface area contributed by atoms with E-state index in [0.29, 0.717) is 0 Å². The summed E-state index contributed by atoms with van der Waals surface area (Å²) in [6.07, 6.45) is 13.6. The molecule has 2 aliphatic rings. The normalized spacial score (nSPS) is 36.6. The van der Waals surface area contributed by atoms with Gasteiger partial charge in [-0.15, -0.1) is 0 Å². The summed E-state index contributed by atoms with van der Waals surface area (Å²) in [6.45, 7) is 4.81. The second kappa shape index (κ2) is 5.37. The first-order valence-electron chi connectivity index (χ1n) is 7.36. The molecule has 2 saturated carbocycles. The fraction of sp³-hybridized carbons (Fsp3) is 1.00. The van der Waals surface area contributed by atoms with Crippen LogP contribution in [0.3, 0.4) is 0 Å². The van der Waals surface area contributed by atoms with Crippen LogP contribution in [0.2, 0.25) is 0 Å². The first-order valence-corrected chi connectivity index (χ1v) is 7.36. The summed E-state index contributed by atoms with van der Waals surface area (Å²) in [4.78, 5) is 0. The maximum absolute atomic E-state index is 2.40. The largest absolute Gasteiger partial charge is 0.0651 e. The van der Waals surface area contributed by atoms with Crippen molar-refractivity contribution in [3.05, 3.63) is 0 Å². The van der Waals surface area contributed by atoms with E-state index in [4.69, 9.17) is 0 Å². The molecule has 0 heterocycles. The molecule has 0 saturated heterocycles. The first-order chi connectivity index (χ1) is 7.36. The Kier molecular flexibility index (Phi) is 4.11. The van der Waals surface area contributed by atoms with Crippen molar-refractivity contribution in [2.24, 2.45) is 23.7 Å². The average Bonchev–Trinajstić information content (AvgIpc) is 2.31. The second-order valence-electron chi connectivity index (χ2n) is 5.88. The molecule has 88 valence electrons. The maximum Gasteiger partial charge on any atom is -0.0355 e. The van der Waals surface area contributed by atoms with Gasteiger partial charge in [-0.1, -0.05) is 58.8 Å². The molecule has 0 aliphatic heterocycles. The number of rotatable bonds is 3. The van der Waals surface area contributed by atoms with Gasteiger partial charge in [0.1, 0.15) is 0 Å². The molecule has 0 aromatic carbocycles. The molecule has 0 bridgehead atoms. The minimum Gasteiger partial charge on any atom is -0.0651 e. The van der Waals surface area contributed by atoms with Gasteiger partial charge in [0.15, 0.2) is 0 Å². The molecule has 3 atom stereocenters. The van der Waals surface area contributed by atoms with Gasteiger partial charge in [-0.3, -0.25) is 0 Å². The third-order valence-corrected chi connectivity index (χ3v) is 5.28. The highest BCUT2D eigenvalue weighted by Gasteiger charge is 2.37. The zero-order valence-electron chi connectivity index (χ0n) is 10.7. The molecule has 0 radical (unpaired) electrons. The standard InChI is InChI=1S/C15H28/c1-3-12(4-2)14-11-7-9-13-8-5-6-10-15(13)14/h12-15H,3-11H2,1-2H3. The molecule has 0 nitrogen and oxygen atoms in total. The van der Waals surface area contributed by atoms with Crippen LogP contribution in [0.5, 0.6) is 0 Å². The van der Waals surface area contributed by atoms with Gasteiger partial charge in [-0.05, 0) is 36.5 Å². The summed E-state index contributed by atoms with van der Waals surface area (Å²) < 4.78 is 0. The number of hydrogen-bond donors (Lipinski definition) is 0. The number of hydrogen-bond acceptors (Lipinski definition) is 0. The van der Waals surface area contributed by atoms with Crippen LogP contribution in [-0.4, -0.2) is 0 Å². The van der Waals surface area contributed by atoms with Gasteiger partial charge in [-0.2, -0.15) is 0 Å². The van der Waals surface area contributed by atoms with E-state index in [1.54, 1.807) is 25.7 Å². The molecular weight excluding hydrogens is 180 g/mol. The second-order valence-corrected chi connectivity index (χ2v) is 5.88. The molecule has 2 fully saturated rings. The minimum absolute atomic E-state index is 1.04. The van der Waals surface area contributed by atoms with Crippen molar-refractivity contribution in [1.82, 2.24) is 0 Å². The minimum atomic E-state index is 1.04. The molecule has 0 amide bonds. The Morgan fingerprint density at radius 3 is 2.27 bits per heavy atom. The Morgan fingerprint density at radius 1 is 0.867 bits per heavy atom. The Morgan fingerprint density at radius 2 is 1.53 bits per heavy atom. The third-order valence-electron chi connectivity index (χ3n) is 5.28. The molecule has 0 aromatic heterocycles. The summed E-state index contributed by atoms with van der Waals surface area (Å²) in [6, 6.07) is 0.